The van der Waals surface area contributed by atoms with Crippen LogP contribution in [0.3, 0.4) is 0 Å². The van der Waals surface area contributed by atoms with E-state index in [4.69, 9.17) is 17.3 Å². The number of benzene rings is 2. The molecule has 1 heterocycles. The Balaban J connectivity index is 1.96. The molecule has 0 radical (unpaired) electrons. The summed E-state index contributed by atoms with van der Waals surface area (Å²) in [5.74, 6) is 0.0379. The molecule has 3 rings (SSSR count). The van der Waals surface area contributed by atoms with E-state index in [9.17, 15) is 4.39 Å². The molecule has 4 nitrogen and oxygen atoms in total. The van der Waals surface area contributed by atoms with Gasteiger partial charge in [0.05, 0.1) is 11.2 Å². The van der Waals surface area contributed by atoms with Crippen molar-refractivity contribution in [2.45, 2.75) is 0 Å². The normalized spacial score (nSPS) is 10.8. The van der Waals surface area contributed by atoms with Crippen LogP contribution in [-0.4, -0.2) is 10.2 Å². The first-order chi connectivity index (χ1) is 9.13. The highest BCUT2D eigenvalue weighted by molar-refractivity contribution is 6.30. The second-order valence-corrected chi connectivity index (χ2v) is 4.55. The number of aromatic nitrogens is 2. The van der Waals surface area contributed by atoms with Crippen LogP contribution in [0.5, 0.6) is 0 Å². The molecule has 0 aliphatic carbocycles. The zero-order valence-corrected chi connectivity index (χ0v) is 10.5. The van der Waals surface area contributed by atoms with Crippen LogP contribution in [0, 0.1) is 5.82 Å². The molecule has 4 N–H and O–H groups in total. The molecule has 3 aromatic rings. The fraction of sp³-hybridized carbons (Fsp3) is 0. The molecule has 0 atom stereocenters. The Morgan fingerprint density at radius 3 is 2.84 bits per heavy atom. The highest BCUT2D eigenvalue weighted by Crippen LogP contribution is 2.26. The minimum absolute atomic E-state index is 0.358. The van der Waals surface area contributed by atoms with Gasteiger partial charge in [-0.15, -0.1) is 0 Å². The number of hydrogen-bond acceptors (Lipinski definition) is 3. The molecule has 0 spiro atoms. The summed E-state index contributed by atoms with van der Waals surface area (Å²) in [5, 5.41) is 10.9. The van der Waals surface area contributed by atoms with E-state index in [1.807, 2.05) is 18.2 Å². The van der Waals surface area contributed by atoms with E-state index in [1.165, 1.54) is 6.07 Å². The van der Waals surface area contributed by atoms with E-state index in [-0.39, 0.29) is 0 Å². The third kappa shape index (κ3) is 2.20. The summed E-state index contributed by atoms with van der Waals surface area (Å²) in [4.78, 5) is 0. The number of H-pyrrole nitrogens is 1. The number of nitrogen functional groups attached to an aromatic ring is 1. The summed E-state index contributed by atoms with van der Waals surface area (Å²) in [6, 6.07) is 9.92. The van der Waals surface area contributed by atoms with Gasteiger partial charge in [0.1, 0.15) is 5.82 Å². The monoisotopic (exact) mass is 276 g/mol. The summed E-state index contributed by atoms with van der Waals surface area (Å²) in [5.41, 5.74) is 7.56. The van der Waals surface area contributed by atoms with Crippen molar-refractivity contribution in [1.29, 1.82) is 0 Å². The van der Waals surface area contributed by atoms with Crippen molar-refractivity contribution in [2.24, 2.45) is 0 Å². The first kappa shape index (κ1) is 11.8. The zero-order valence-electron chi connectivity index (χ0n) is 9.74. The predicted octanol–water partition coefficient (Wildman–Crippen LogP) is 3.68. The van der Waals surface area contributed by atoms with E-state index in [0.717, 1.165) is 16.6 Å². The topological polar surface area (TPSA) is 66.7 Å². The molecule has 19 heavy (non-hydrogen) atoms. The molecular weight excluding hydrogens is 267 g/mol. The van der Waals surface area contributed by atoms with Gasteiger partial charge in [0.15, 0.2) is 5.82 Å². The van der Waals surface area contributed by atoms with E-state index in [0.29, 0.717) is 16.5 Å². The Bertz CT molecular complexity index is 753. The summed E-state index contributed by atoms with van der Waals surface area (Å²) in [7, 11) is 0. The lowest BCUT2D eigenvalue weighted by atomic mass is 10.2. The molecular formula is C13H10ClFN4. The fourth-order valence-corrected chi connectivity index (χ4v) is 2.02. The van der Waals surface area contributed by atoms with Gasteiger partial charge >= 0.3 is 0 Å². The Kier molecular flexibility index (Phi) is 2.76. The van der Waals surface area contributed by atoms with Crippen molar-refractivity contribution in [3.05, 3.63) is 47.2 Å². The van der Waals surface area contributed by atoms with Crippen LogP contribution in [0.1, 0.15) is 0 Å². The number of halogens is 2. The van der Waals surface area contributed by atoms with Crippen molar-refractivity contribution in [1.82, 2.24) is 10.2 Å². The van der Waals surface area contributed by atoms with Crippen LogP contribution < -0.4 is 11.1 Å². The molecule has 96 valence electrons. The van der Waals surface area contributed by atoms with Crippen molar-refractivity contribution in [3.63, 3.8) is 0 Å². The van der Waals surface area contributed by atoms with Crippen LogP contribution >= 0.6 is 11.6 Å². The van der Waals surface area contributed by atoms with Gasteiger partial charge in [0.25, 0.3) is 0 Å². The highest BCUT2D eigenvalue weighted by atomic mass is 35.5. The van der Waals surface area contributed by atoms with Crippen molar-refractivity contribution in [2.75, 3.05) is 11.1 Å². The minimum Gasteiger partial charge on any atom is -0.382 e. The molecule has 0 unspecified atom stereocenters. The van der Waals surface area contributed by atoms with Crippen LogP contribution in [0.15, 0.2) is 36.4 Å². The smallest absolute Gasteiger partial charge is 0.153 e. The number of hydrogen-bond donors (Lipinski definition) is 3. The van der Waals surface area contributed by atoms with Crippen LogP contribution in [0.2, 0.25) is 5.02 Å². The molecule has 0 fully saturated rings. The maximum atomic E-state index is 13.7. The predicted molar refractivity (Wildman–Crippen MR) is 75.2 cm³/mol. The number of fused-ring (bicyclic) bond motifs is 1. The maximum absolute atomic E-state index is 13.7. The van der Waals surface area contributed by atoms with Crippen molar-refractivity contribution >= 4 is 39.7 Å². The molecule has 0 saturated heterocycles. The summed E-state index contributed by atoms with van der Waals surface area (Å²) in [6.45, 7) is 0. The maximum Gasteiger partial charge on any atom is 0.153 e. The van der Waals surface area contributed by atoms with E-state index in [2.05, 4.69) is 15.5 Å². The third-order valence-electron chi connectivity index (χ3n) is 2.80. The highest BCUT2D eigenvalue weighted by Gasteiger charge is 2.06. The fourth-order valence-electron chi connectivity index (χ4n) is 1.86. The number of rotatable bonds is 2. The molecule has 1 aromatic heterocycles. The number of nitrogens with two attached hydrogens (primary N) is 1. The lowest BCUT2D eigenvalue weighted by molar-refractivity contribution is 0.632. The molecule has 0 amide bonds. The largest absolute Gasteiger partial charge is 0.382 e. The third-order valence-corrected chi connectivity index (χ3v) is 3.04. The van der Waals surface area contributed by atoms with Gasteiger partial charge in [-0.3, -0.25) is 5.10 Å². The number of nitrogens with zero attached hydrogens (tertiary/aromatic N) is 1. The Hall–Kier alpha value is -2.27. The molecule has 0 bridgehead atoms. The van der Waals surface area contributed by atoms with Crippen LogP contribution in [0.25, 0.3) is 10.9 Å². The summed E-state index contributed by atoms with van der Waals surface area (Å²) >= 11 is 5.71. The van der Waals surface area contributed by atoms with E-state index in [1.54, 1.807) is 12.1 Å². The Labute approximate surface area is 113 Å². The van der Waals surface area contributed by atoms with Gasteiger partial charge in [0.2, 0.25) is 0 Å². The van der Waals surface area contributed by atoms with Crippen LogP contribution in [-0.2, 0) is 0 Å². The molecule has 0 saturated carbocycles. The van der Waals surface area contributed by atoms with Gasteiger partial charge in [-0.2, -0.15) is 5.10 Å². The van der Waals surface area contributed by atoms with E-state index < -0.39 is 5.82 Å². The van der Waals surface area contributed by atoms with Gasteiger partial charge in [0, 0.05) is 16.1 Å². The SMILES string of the molecule is Nc1n[nH]c2cc(Nc3ccc(Cl)cc3F)ccc12. The average molecular weight is 277 g/mol. The lowest BCUT2D eigenvalue weighted by Crippen LogP contribution is -1.93. The Morgan fingerprint density at radius 1 is 1.21 bits per heavy atom. The number of aromatic amines is 1. The molecule has 6 heteroatoms. The number of anilines is 3. The number of nitrogens with one attached hydrogen (secondary N) is 2. The van der Waals surface area contributed by atoms with E-state index >= 15 is 0 Å². The van der Waals surface area contributed by atoms with Gasteiger partial charge in [-0.25, -0.2) is 4.39 Å². The van der Waals surface area contributed by atoms with Crippen LogP contribution in [0.4, 0.5) is 21.6 Å². The van der Waals surface area contributed by atoms with Gasteiger partial charge in [-0.1, -0.05) is 11.6 Å². The minimum atomic E-state index is -0.406. The quantitative estimate of drug-likeness (QED) is 0.669. The standard InChI is InChI=1S/C13H10ClFN4/c14-7-1-4-11(10(15)5-7)17-8-2-3-9-12(6-8)18-19-13(9)16/h1-6,17H,(H3,16,18,19). The first-order valence-corrected chi connectivity index (χ1v) is 5.97. The molecule has 0 aliphatic heterocycles. The molecule has 0 aliphatic rings. The Morgan fingerprint density at radius 2 is 2.05 bits per heavy atom. The summed E-state index contributed by atoms with van der Waals surface area (Å²) < 4.78 is 13.7. The summed E-state index contributed by atoms with van der Waals surface area (Å²) in [6.07, 6.45) is 0. The molecule has 2 aromatic carbocycles. The van der Waals surface area contributed by atoms with Crippen molar-refractivity contribution in [3.8, 4) is 0 Å². The second-order valence-electron chi connectivity index (χ2n) is 4.12. The first-order valence-electron chi connectivity index (χ1n) is 5.59. The average Bonchev–Trinajstić information content (AvgIpc) is 2.74. The van der Waals surface area contributed by atoms with Gasteiger partial charge in [-0.05, 0) is 36.4 Å². The zero-order chi connectivity index (χ0) is 13.4. The second kappa shape index (κ2) is 4.44. The van der Waals surface area contributed by atoms with Gasteiger partial charge < -0.3 is 11.1 Å². The lowest BCUT2D eigenvalue weighted by Gasteiger charge is -2.07. The van der Waals surface area contributed by atoms with Crippen molar-refractivity contribution < 1.29 is 4.39 Å².